The zero-order valence-electron chi connectivity index (χ0n) is 21.5. The van der Waals surface area contributed by atoms with Gasteiger partial charge in [-0.15, -0.1) is 0 Å². The van der Waals surface area contributed by atoms with Crippen LogP contribution in [0.15, 0.2) is 11.6 Å². The van der Waals surface area contributed by atoms with E-state index >= 15 is 0 Å². The maximum absolute atomic E-state index is 13.1. The molecule has 35 heavy (non-hydrogen) atoms. The number of ketones is 1. The van der Waals surface area contributed by atoms with Crippen molar-refractivity contribution in [3.05, 3.63) is 11.6 Å². The second-order valence-corrected chi connectivity index (χ2v) is 11.8. The predicted molar refractivity (Wildman–Crippen MR) is 126 cm³/mol. The van der Waals surface area contributed by atoms with Crippen LogP contribution in [0.25, 0.3) is 0 Å². The van der Waals surface area contributed by atoms with Gasteiger partial charge in [0.1, 0.15) is 11.7 Å². The minimum absolute atomic E-state index is 0.0374. The van der Waals surface area contributed by atoms with Gasteiger partial charge >= 0.3 is 11.9 Å². The highest BCUT2D eigenvalue weighted by Gasteiger charge is 2.86. The zero-order chi connectivity index (χ0) is 26.0. The Bertz CT molecular complexity index is 939. The molecule has 0 aliphatic heterocycles. The molecule has 0 bridgehead atoms. The van der Waals surface area contributed by atoms with Crippen molar-refractivity contribution in [2.75, 3.05) is 6.61 Å². The molecule has 8 heteroatoms. The monoisotopic (exact) mass is 492 g/mol. The molecule has 4 aliphatic carbocycles. The first kappa shape index (κ1) is 26.3. The van der Waals surface area contributed by atoms with Crippen molar-refractivity contribution in [1.29, 1.82) is 0 Å². The minimum atomic E-state index is -1.84. The average Bonchev–Trinajstić information content (AvgIpc) is 3.20. The number of esters is 2. The van der Waals surface area contributed by atoms with Gasteiger partial charge < -0.3 is 24.8 Å². The fourth-order valence-corrected chi connectivity index (χ4v) is 7.80. The van der Waals surface area contributed by atoms with E-state index < -0.39 is 57.8 Å². The van der Waals surface area contributed by atoms with Gasteiger partial charge in [-0.25, -0.2) is 0 Å². The SMILES string of the molecule is CCCC(=O)O[C@@H]1C[C@@]2(O)[C@@H](CC(CO)C[C@]3(O)C(=O)C(C)=C[C@@H]23)[C@@H]2C(C)(C)[C@@]21OC(=O)CCC. The number of aliphatic hydroxyl groups excluding tert-OH is 1. The third-order valence-corrected chi connectivity index (χ3v) is 9.33. The van der Waals surface area contributed by atoms with E-state index in [1.807, 2.05) is 27.7 Å². The molecule has 3 N–H and O–H groups in total. The summed E-state index contributed by atoms with van der Waals surface area (Å²) in [4.78, 5) is 38.5. The zero-order valence-corrected chi connectivity index (χ0v) is 21.5. The first-order valence-corrected chi connectivity index (χ1v) is 13.0. The molecule has 3 saturated carbocycles. The van der Waals surface area contributed by atoms with E-state index in [0.717, 1.165) is 0 Å². The summed E-state index contributed by atoms with van der Waals surface area (Å²) in [6, 6.07) is 0. The van der Waals surface area contributed by atoms with Crippen molar-refractivity contribution in [2.45, 2.75) is 102 Å². The Balaban J connectivity index is 1.83. The molecule has 0 amide bonds. The van der Waals surface area contributed by atoms with E-state index in [-0.39, 0.29) is 44.2 Å². The summed E-state index contributed by atoms with van der Waals surface area (Å²) in [6.45, 7) is 9.05. The molecule has 0 radical (unpaired) electrons. The van der Waals surface area contributed by atoms with Crippen LogP contribution in [0.2, 0.25) is 0 Å². The molecule has 8 nitrogen and oxygen atoms in total. The molecule has 0 heterocycles. The largest absolute Gasteiger partial charge is 0.458 e. The minimum Gasteiger partial charge on any atom is -0.458 e. The van der Waals surface area contributed by atoms with E-state index in [2.05, 4.69) is 0 Å². The van der Waals surface area contributed by atoms with Crippen molar-refractivity contribution < 1.29 is 39.2 Å². The Morgan fingerprint density at radius 2 is 1.71 bits per heavy atom. The fourth-order valence-electron chi connectivity index (χ4n) is 7.80. The molecule has 0 saturated heterocycles. The lowest BCUT2D eigenvalue weighted by molar-refractivity contribution is -0.210. The van der Waals surface area contributed by atoms with E-state index in [1.165, 1.54) is 0 Å². The third kappa shape index (κ3) is 3.62. The number of hydrogen-bond donors (Lipinski definition) is 3. The number of carbonyl (C=O) groups excluding carboxylic acids is 3. The number of carbonyl (C=O) groups is 3. The van der Waals surface area contributed by atoms with Gasteiger partial charge in [0.2, 0.25) is 0 Å². The lowest BCUT2D eigenvalue weighted by atomic mass is 9.63. The van der Waals surface area contributed by atoms with Crippen LogP contribution in [0, 0.1) is 29.1 Å². The number of ether oxygens (including phenoxy) is 2. The molecular formula is C27H40O8. The Labute approximate surface area is 207 Å². The van der Waals surface area contributed by atoms with Crippen LogP contribution >= 0.6 is 0 Å². The van der Waals surface area contributed by atoms with Crippen LogP contribution < -0.4 is 0 Å². The van der Waals surface area contributed by atoms with E-state index in [0.29, 0.717) is 24.8 Å². The number of rotatable bonds is 7. The van der Waals surface area contributed by atoms with E-state index in [1.54, 1.807) is 13.0 Å². The molecule has 0 aromatic carbocycles. The molecule has 0 aromatic heterocycles. The second-order valence-electron chi connectivity index (χ2n) is 11.8. The van der Waals surface area contributed by atoms with Crippen molar-refractivity contribution in [2.24, 2.45) is 29.1 Å². The van der Waals surface area contributed by atoms with Gasteiger partial charge in [-0.2, -0.15) is 0 Å². The van der Waals surface area contributed by atoms with Crippen LogP contribution in [-0.4, -0.2) is 62.6 Å². The summed E-state index contributed by atoms with van der Waals surface area (Å²) in [5, 5.41) is 34.2. The lowest BCUT2D eigenvalue weighted by Crippen LogP contribution is -2.61. The van der Waals surface area contributed by atoms with Crippen LogP contribution in [-0.2, 0) is 23.9 Å². The molecule has 4 aliphatic rings. The average molecular weight is 493 g/mol. The Morgan fingerprint density at radius 3 is 2.31 bits per heavy atom. The first-order valence-electron chi connectivity index (χ1n) is 13.0. The predicted octanol–water partition coefficient (Wildman–Crippen LogP) is 2.47. The standard InChI is InChI=1S/C27H40O8/c1-6-8-20(29)34-19-13-25(32)17(22-24(4,5)27(19,22)35-21(30)9-7-2)11-16(14-28)12-26(33)18(25)10-15(3)23(26)31/h10,16-19,22,28,32-33H,6-9,11-14H2,1-5H3/t16?,17-,18-,19+,22+,25+,26+,27-/m0/s1. The summed E-state index contributed by atoms with van der Waals surface area (Å²) in [6.07, 6.45) is 2.70. The van der Waals surface area contributed by atoms with Crippen molar-refractivity contribution in [3.8, 4) is 0 Å². The van der Waals surface area contributed by atoms with Gasteiger partial charge in [0.25, 0.3) is 0 Å². The van der Waals surface area contributed by atoms with Gasteiger partial charge in [-0.05, 0) is 50.0 Å². The summed E-state index contributed by atoms with van der Waals surface area (Å²) >= 11 is 0. The topological polar surface area (TPSA) is 130 Å². The molecule has 8 atom stereocenters. The number of Topliss-reactive ketones (excluding diaryl/α,β-unsaturated/α-hetero) is 1. The van der Waals surface area contributed by atoms with E-state index in [4.69, 9.17) is 9.47 Å². The van der Waals surface area contributed by atoms with Crippen molar-refractivity contribution in [3.63, 3.8) is 0 Å². The maximum Gasteiger partial charge on any atom is 0.306 e. The van der Waals surface area contributed by atoms with Gasteiger partial charge in [-0.3, -0.25) is 14.4 Å². The molecule has 0 spiro atoms. The summed E-state index contributed by atoms with van der Waals surface area (Å²) in [5.74, 6) is -3.40. The van der Waals surface area contributed by atoms with Crippen LogP contribution in [0.5, 0.6) is 0 Å². The second kappa shape index (κ2) is 8.67. The fraction of sp³-hybridized carbons (Fsp3) is 0.815. The highest BCUT2D eigenvalue weighted by atomic mass is 16.6. The Morgan fingerprint density at radius 1 is 1.09 bits per heavy atom. The summed E-state index contributed by atoms with van der Waals surface area (Å²) in [5.41, 5.74) is -4.76. The first-order chi connectivity index (χ1) is 16.3. The van der Waals surface area contributed by atoms with Gasteiger partial charge in [-0.1, -0.05) is 33.8 Å². The maximum atomic E-state index is 13.1. The summed E-state index contributed by atoms with van der Waals surface area (Å²) in [7, 11) is 0. The Kier molecular flexibility index (Phi) is 6.51. The molecule has 1 unspecified atom stereocenters. The highest BCUT2D eigenvalue weighted by molar-refractivity contribution is 6.04. The van der Waals surface area contributed by atoms with Gasteiger partial charge in [0.05, 0.1) is 5.60 Å². The quantitative estimate of drug-likeness (QED) is 0.462. The smallest absolute Gasteiger partial charge is 0.306 e. The number of aliphatic hydroxyl groups is 3. The molecule has 0 aromatic rings. The summed E-state index contributed by atoms with van der Waals surface area (Å²) < 4.78 is 12.1. The molecular weight excluding hydrogens is 452 g/mol. The van der Waals surface area contributed by atoms with E-state index in [9.17, 15) is 29.7 Å². The number of fused-ring (bicyclic) bond motifs is 5. The van der Waals surface area contributed by atoms with Crippen LogP contribution in [0.4, 0.5) is 0 Å². The molecule has 196 valence electrons. The Hall–Kier alpha value is -1.77. The van der Waals surface area contributed by atoms with Gasteiger partial charge in [0.15, 0.2) is 11.4 Å². The molecule has 4 rings (SSSR count). The van der Waals surface area contributed by atoms with Crippen molar-refractivity contribution in [1.82, 2.24) is 0 Å². The highest BCUT2D eigenvalue weighted by Crippen LogP contribution is 2.76. The normalized spacial score (nSPS) is 43.3. The third-order valence-electron chi connectivity index (χ3n) is 9.33. The van der Waals surface area contributed by atoms with Crippen molar-refractivity contribution >= 4 is 17.7 Å². The van der Waals surface area contributed by atoms with Gasteiger partial charge in [0, 0.05) is 43.1 Å². The number of hydrogen-bond acceptors (Lipinski definition) is 8. The lowest BCUT2D eigenvalue weighted by Gasteiger charge is -2.49. The van der Waals surface area contributed by atoms with Crippen LogP contribution in [0.3, 0.4) is 0 Å². The van der Waals surface area contributed by atoms with Crippen LogP contribution in [0.1, 0.15) is 79.6 Å². The molecule has 3 fully saturated rings.